The second-order valence-electron chi connectivity index (χ2n) is 3.73. The van der Waals surface area contributed by atoms with Crippen LogP contribution in [0.15, 0.2) is 46.3 Å². The summed E-state index contributed by atoms with van der Waals surface area (Å²) < 4.78 is 5.49. The summed E-state index contributed by atoms with van der Waals surface area (Å²) in [5.41, 5.74) is 6.92. The molecule has 0 unspecified atom stereocenters. The van der Waals surface area contributed by atoms with Crippen LogP contribution >= 0.6 is 27.3 Å². The number of terminal acetylenes is 1. The van der Waals surface area contributed by atoms with Gasteiger partial charge in [-0.15, -0.1) is 17.8 Å². The molecule has 0 aliphatic carbocycles. The number of ether oxygens (including phenoxy) is 1. The minimum absolute atomic E-state index is 0.334. The van der Waals surface area contributed by atoms with Crippen molar-refractivity contribution in [3.8, 4) is 12.3 Å². The van der Waals surface area contributed by atoms with Crippen LogP contribution in [0, 0.1) is 12.3 Å². The summed E-state index contributed by atoms with van der Waals surface area (Å²) in [4.78, 5) is 11.7. The molecule has 0 spiro atoms. The number of carbonyl (C=O) groups excluding carboxylic acids is 1. The van der Waals surface area contributed by atoms with Crippen LogP contribution in [0.1, 0.15) is 10.4 Å². The molecule has 0 aliphatic heterocycles. The lowest BCUT2D eigenvalue weighted by Gasteiger charge is -1.93. The normalized spacial score (nSPS) is 9.57. The first-order valence-electron chi connectivity index (χ1n) is 5.89. The molecule has 0 radical (unpaired) electrons. The Morgan fingerprint density at radius 1 is 1.38 bits per heavy atom. The molecule has 2 N–H and O–H groups in total. The van der Waals surface area contributed by atoms with E-state index >= 15 is 0 Å². The van der Waals surface area contributed by atoms with Gasteiger partial charge in [-0.25, -0.2) is 4.79 Å². The van der Waals surface area contributed by atoms with Crippen molar-refractivity contribution in [2.75, 3.05) is 12.8 Å². The third kappa shape index (κ3) is 6.30. The monoisotopic (exact) mass is 363 g/mol. The van der Waals surface area contributed by atoms with E-state index in [0.29, 0.717) is 5.69 Å². The zero-order valence-corrected chi connectivity index (χ0v) is 13.8. The van der Waals surface area contributed by atoms with Gasteiger partial charge in [-0.1, -0.05) is 18.1 Å². The van der Waals surface area contributed by atoms with Crippen molar-refractivity contribution in [3.63, 3.8) is 0 Å². The molecule has 2 rings (SSSR count). The van der Waals surface area contributed by atoms with Crippen molar-refractivity contribution in [2.24, 2.45) is 0 Å². The van der Waals surface area contributed by atoms with Crippen LogP contribution in [0.25, 0.3) is 6.08 Å². The van der Waals surface area contributed by atoms with Crippen LogP contribution in [0.3, 0.4) is 0 Å². The number of thiophene rings is 1. The SMILES string of the molecule is C#Cc1ccccc1N.COC(=O)/C=C/c1ccc(Br)s1. The van der Waals surface area contributed by atoms with Crippen molar-refractivity contribution >= 4 is 45.0 Å². The fourth-order valence-corrected chi connectivity index (χ4v) is 2.59. The van der Waals surface area contributed by atoms with Crippen LogP contribution in [0.2, 0.25) is 0 Å². The molecule has 0 saturated carbocycles. The minimum atomic E-state index is -0.334. The van der Waals surface area contributed by atoms with Crippen molar-refractivity contribution in [1.29, 1.82) is 0 Å². The highest BCUT2D eigenvalue weighted by atomic mass is 79.9. The molecule has 3 nitrogen and oxygen atoms in total. The number of methoxy groups -OCH3 is 1. The summed E-state index contributed by atoms with van der Waals surface area (Å²) in [5, 5.41) is 0. The number of halogens is 1. The van der Waals surface area contributed by atoms with Gasteiger partial charge in [0.15, 0.2) is 0 Å². The van der Waals surface area contributed by atoms with Crippen LogP contribution < -0.4 is 5.73 Å². The second-order valence-corrected chi connectivity index (χ2v) is 6.22. The molecule has 108 valence electrons. The van der Waals surface area contributed by atoms with Crippen molar-refractivity contribution < 1.29 is 9.53 Å². The molecule has 1 aromatic heterocycles. The summed E-state index contributed by atoms with van der Waals surface area (Å²) in [6.45, 7) is 0. The van der Waals surface area contributed by atoms with Crippen molar-refractivity contribution in [2.45, 2.75) is 0 Å². The molecule has 0 fully saturated rings. The van der Waals surface area contributed by atoms with Gasteiger partial charge in [-0.2, -0.15) is 0 Å². The maximum Gasteiger partial charge on any atom is 0.330 e. The van der Waals surface area contributed by atoms with Gasteiger partial charge in [0, 0.05) is 22.2 Å². The van der Waals surface area contributed by atoms with Crippen molar-refractivity contribution in [1.82, 2.24) is 0 Å². The number of carbonyl (C=O) groups is 1. The zero-order chi connectivity index (χ0) is 15.7. The third-order valence-corrected chi connectivity index (χ3v) is 3.88. The van der Waals surface area contributed by atoms with Gasteiger partial charge in [-0.3, -0.25) is 0 Å². The van der Waals surface area contributed by atoms with Gasteiger partial charge in [-0.05, 0) is 46.3 Å². The number of benzene rings is 1. The Balaban J connectivity index is 0.000000219. The quantitative estimate of drug-likeness (QED) is 0.380. The average Bonchev–Trinajstić information content (AvgIpc) is 2.91. The topological polar surface area (TPSA) is 52.3 Å². The van der Waals surface area contributed by atoms with E-state index in [1.165, 1.54) is 13.2 Å². The molecule has 0 aliphatic rings. The second kappa shape index (κ2) is 9.01. The van der Waals surface area contributed by atoms with E-state index in [-0.39, 0.29) is 5.97 Å². The first-order valence-corrected chi connectivity index (χ1v) is 7.50. The van der Waals surface area contributed by atoms with Gasteiger partial charge >= 0.3 is 5.97 Å². The molecule has 2 aromatic rings. The van der Waals surface area contributed by atoms with Gasteiger partial charge in [0.05, 0.1) is 10.9 Å². The zero-order valence-electron chi connectivity index (χ0n) is 11.4. The van der Waals surface area contributed by atoms with E-state index < -0.39 is 0 Å². The number of rotatable bonds is 2. The lowest BCUT2D eigenvalue weighted by Crippen LogP contribution is -1.92. The Bertz CT molecular complexity index is 671. The average molecular weight is 364 g/mol. The molecule has 0 saturated heterocycles. The predicted molar refractivity (Wildman–Crippen MR) is 91.9 cm³/mol. The molecule has 0 amide bonds. The van der Waals surface area contributed by atoms with E-state index in [1.54, 1.807) is 23.5 Å². The number of nitrogen functional groups attached to an aromatic ring is 1. The van der Waals surface area contributed by atoms with E-state index in [2.05, 4.69) is 26.6 Å². The largest absolute Gasteiger partial charge is 0.466 e. The highest BCUT2D eigenvalue weighted by Gasteiger charge is 1.94. The van der Waals surface area contributed by atoms with Crippen LogP contribution in [0.4, 0.5) is 5.69 Å². The molecular weight excluding hydrogens is 350 g/mol. The fourth-order valence-electron chi connectivity index (χ4n) is 1.26. The Morgan fingerprint density at radius 3 is 2.57 bits per heavy atom. The van der Waals surface area contributed by atoms with E-state index in [0.717, 1.165) is 14.2 Å². The van der Waals surface area contributed by atoms with Crippen molar-refractivity contribution in [3.05, 3.63) is 56.7 Å². The Kier molecular flexibility index (Phi) is 7.30. The van der Waals surface area contributed by atoms with Gasteiger partial charge in [0.25, 0.3) is 0 Å². The minimum Gasteiger partial charge on any atom is -0.466 e. The molecule has 1 aromatic carbocycles. The van der Waals surface area contributed by atoms with Crippen LogP contribution in [-0.2, 0) is 9.53 Å². The summed E-state index contributed by atoms with van der Waals surface area (Å²) >= 11 is 4.89. The standard InChI is InChI=1S/C8H7BrO2S.C8H7N/c1-11-8(10)5-3-6-2-4-7(9)12-6;1-2-7-5-3-4-6-8(7)9/h2-5H,1H3;1,3-6H,9H2/b5-3+;. The summed E-state index contributed by atoms with van der Waals surface area (Å²) in [7, 11) is 1.36. The lowest BCUT2D eigenvalue weighted by atomic mass is 10.2. The summed E-state index contributed by atoms with van der Waals surface area (Å²) in [6, 6.07) is 11.2. The molecule has 1 heterocycles. The third-order valence-electron chi connectivity index (χ3n) is 2.30. The number of esters is 1. The number of hydrogen-bond acceptors (Lipinski definition) is 4. The smallest absolute Gasteiger partial charge is 0.330 e. The predicted octanol–water partition coefficient (Wildman–Crippen LogP) is 3.95. The van der Waals surface area contributed by atoms with Gasteiger partial charge < -0.3 is 10.5 Å². The number of anilines is 1. The molecule has 5 heteroatoms. The molecule has 0 bridgehead atoms. The highest BCUT2D eigenvalue weighted by Crippen LogP contribution is 2.22. The van der Waals surface area contributed by atoms with Crippen LogP contribution in [0.5, 0.6) is 0 Å². The van der Waals surface area contributed by atoms with Gasteiger partial charge in [0.1, 0.15) is 0 Å². The molecule has 21 heavy (non-hydrogen) atoms. The lowest BCUT2D eigenvalue weighted by molar-refractivity contribution is -0.134. The summed E-state index contributed by atoms with van der Waals surface area (Å²) in [6.07, 6.45) is 8.25. The number of para-hydroxylation sites is 1. The fraction of sp³-hybridized carbons (Fsp3) is 0.0625. The summed E-state index contributed by atoms with van der Waals surface area (Å²) in [5.74, 6) is 2.14. The first kappa shape index (κ1) is 17.0. The number of nitrogens with two attached hydrogens (primary N) is 1. The first-order chi connectivity index (χ1) is 10.1. The van der Waals surface area contributed by atoms with E-state index in [1.807, 2.05) is 30.3 Å². The maximum absolute atomic E-state index is 10.7. The Hall–Kier alpha value is -2.03. The van der Waals surface area contributed by atoms with E-state index in [9.17, 15) is 4.79 Å². The number of hydrogen-bond donors (Lipinski definition) is 1. The Labute approximate surface area is 136 Å². The van der Waals surface area contributed by atoms with E-state index in [4.69, 9.17) is 12.2 Å². The Morgan fingerprint density at radius 2 is 2.10 bits per heavy atom. The van der Waals surface area contributed by atoms with Crippen LogP contribution in [-0.4, -0.2) is 13.1 Å². The molecular formula is C16H14BrNO2S. The highest BCUT2D eigenvalue weighted by molar-refractivity contribution is 9.11. The molecule has 0 atom stereocenters. The maximum atomic E-state index is 10.7. The van der Waals surface area contributed by atoms with Gasteiger partial charge in [0.2, 0.25) is 0 Å².